The predicted molar refractivity (Wildman–Crippen MR) is 183 cm³/mol. The van der Waals surface area contributed by atoms with Gasteiger partial charge in [-0.25, -0.2) is 9.86 Å². The van der Waals surface area contributed by atoms with Gasteiger partial charge >= 0.3 is 5.97 Å². The number of amides is 3. The Morgan fingerprint density at radius 1 is 0.959 bits per heavy atom. The number of carbonyl (C=O) groups excluding carboxylic acids is 4. The molecule has 12 heteroatoms. The number of hydroxylamine groups is 2. The molecule has 2 atom stereocenters. The van der Waals surface area contributed by atoms with Gasteiger partial charge in [0, 0.05) is 25.2 Å². The van der Waals surface area contributed by atoms with E-state index in [0.717, 1.165) is 37.9 Å². The zero-order valence-electron chi connectivity index (χ0n) is 28.4. The molecule has 264 valence electrons. The molecule has 0 bridgehead atoms. The second-order valence-corrected chi connectivity index (χ2v) is 11.9. The SMILES string of the molecule is CCCCCC(C(=O)NCNC(=O)c1ccc(-c2ccc(C(=O)OCCN3CCOCC3)cc2)o1)C(CC)N(C=O)OCc1ccccc1. The monoisotopic (exact) mass is 676 g/mol. The van der Waals surface area contributed by atoms with Crippen LogP contribution in [0.2, 0.25) is 0 Å². The number of nitrogens with zero attached hydrogens (tertiary/aromatic N) is 2. The van der Waals surface area contributed by atoms with E-state index in [1.165, 1.54) is 5.06 Å². The van der Waals surface area contributed by atoms with Crippen LogP contribution >= 0.6 is 0 Å². The fourth-order valence-electron chi connectivity index (χ4n) is 5.67. The van der Waals surface area contributed by atoms with Gasteiger partial charge in [0.05, 0.1) is 37.4 Å². The van der Waals surface area contributed by atoms with E-state index in [1.807, 2.05) is 37.3 Å². The Hall–Kier alpha value is -4.52. The third kappa shape index (κ3) is 11.6. The lowest BCUT2D eigenvalue weighted by atomic mass is 9.90. The van der Waals surface area contributed by atoms with Gasteiger partial charge in [0.1, 0.15) is 19.0 Å². The van der Waals surface area contributed by atoms with Crippen molar-refractivity contribution in [2.75, 3.05) is 46.1 Å². The molecule has 4 rings (SSSR count). The lowest BCUT2D eigenvalue weighted by Crippen LogP contribution is -2.48. The largest absolute Gasteiger partial charge is 0.461 e. The first-order valence-corrected chi connectivity index (χ1v) is 17.1. The molecule has 2 unspecified atom stereocenters. The third-order valence-corrected chi connectivity index (χ3v) is 8.48. The van der Waals surface area contributed by atoms with Gasteiger partial charge in [-0.15, -0.1) is 0 Å². The maximum Gasteiger partial charge on any atom is 0.338 e. The molecule has 0 aliphatic carbocycles. The average molecular weight is 677 g/mol. The van der Waals surface area contributed by atoms with E-state index in [0.29, 0.717) is 62.5 Å². The van der Waals surface area contributed by atoms with Crippen molar-refractivity contribution in [3.05, 3.63) is 83.6 Å². The van der Waals surface area contributed by atoms with E-state index < -0.39 is 23.8 Å². The van der Waals surface area contributed by atoms with Crippen LogP contribution in [0.1, 0.15) is 72.4 Å². The zero-order chi connectivity index (χ0) is 34.8. The summed E-state index contributed by atoms with van der Waals surface area (Å²) in [4.78, 5) is 58.9. The number of ether oxygens (including phenoxy) is 2. The number of nitrogens with one attached hydrogen (secondary N) is 2. The first-order valence-electron chi connectivity index (χ1n) is 17.1. The minimum absolute atomic E-state index is 0.0724. The van der Waals surface area contributed by atoms with Crippen molar-refractivity contribution in [3.63, 3.8) is 0 Å². The number of rotatable bonds is 20. The van der Waals surface area contributed by atoms with Gasteiger partial charge in [0.15, 0.2) is 5.76 Å². The molecule has 1 saturated heterocycles. The van der Waals surface area contributed by atoms with Crippen molar-refractivity contribution in [2.45, 2.75) is 58.6 Å². The number of furan rings is 1. The number of benzene rings is 2. The summed E-state index contributed by atoms with van der Waals surface area (Å²) in [6.45, 7) is 8.08. The number of unbranched alkanes of at least 4 members (excludes halogenated alkanes) is 2. The molecule has 3 amide bonds. The van der Waals surface area contributed by atoms with Gasteiger partial charge in [0.25, 0.3) is 5.91 Å². The van der Waals surface area contributed by atoms with E-state index in [-0.39, 0.29) is 24.9 Å². The fraction of sp³-hybridized carbons (Fsp3) is 0.459. The van der Waals surface area contributed by atoms with E-state index in [1.54, 1.807) is 36.4 Å². The predicted octanol–water partition coefficient (Wildman–Crippen LogP) is 4.80. The van der Waals surface area contributed by atoms with Gasteiger partial charge in [-0.05, 0) is 42.7 Å². The molecule has 0 saturated carbocycles. The molecule has 0 spiro atoms. The quantitative estimate of drug-likeness (QED) is 0.0568. The molecular formula is C37H48N4O8. The summed E-state index contributed by atoms with van der Waals surface area (Å²) in [5.41, 5.74) is 2.02. The van der Waals surface area contributed by atoms with Crippen molar-refractivity contribution in [3.8, 4) is 11.3 Å². The van der Waals surface area contributed by atoms with Gasteiger partial charge in [-0.1, -0.05) is 75.6 Å². The summed E-state index contributed by atoms with van der Waals surface area (Å²) in [6, 6.07) is 19.0. The van der Waals surface area contributed by atoms with Crippen LogP contribution in [-0.4, -0.2) is 86.3 Å². The van der Waals surface area contributed by atoms with Crippen LogP contribution in [0.3, 0.4) is 0 Å². The molecule has 0 radical (unpaired) electrons. The molecule has 2 heterocycles. The van der Waals surface area contributed by atoms with E-state index in [2.05, 4.69) is 22.5 Å². The number of hydrogen-bond acceptors (Lipinski definition) is 9. The maximum atomic E-state index is 13.4. The van der Waals surface area contributed by atoms with Crippen LogP contribution < -0.4 is 10.6 Å². The summed E-state index contributed by atoms with van der Waals surface area (Å²) in [7, 11) is 0. The first-order chi connectivity index (χ1) is 23.9. The van der Waals surface area contributed by atoms with Gasteiger partial charge in [0.2, 0.25) is 12.3 Å². The summed E-state index contributed by atoms with van der Waals surface area (Å²) in [6.07, 6.45) is 4.45. The Bertz CT molecular complexity index is 1460. The van der Waals surface area contributed by atoms with Crippen LogP contribution in [0.5, 0.6) is 0 Å². The molecular weight excluding hydrogens is 628 g/mol. The van der Waals surface area contributed by atoms with Crippen molar-refractivity contribution >= 4 is 24.2 Å². The highest BCUT2D eigenvalue weighted by Crippen LogP contribution is 2.24. The summed E-state index contributed by atoms with van der Waals surface area (Å²) >= 11 is 0. The van der Waals surface area contributed by atoms with Crippen LogP contribution in [0.25, 0.3) is 11.3 Å². The Kier molecular flexibility index (Phi) is 15.3. The van der Waals surface area contributed by atoms with Gasteiger partial charge in [-0.2, -0.15) is 0 Å². The molecule has 49 heavy (non-hydrogen) atoms. The van der Waals surface area contributed by atoms with Crippen molar-refractivity contribution < 1.29 is 37.9 Å². The second kappa shape index (κ2) is 20.1. The lowest BCUT2D eigenvalue weighted by Gasteiger charge is -2.32. The number of morpholine rings is 1. The Balaban J connectivity index is 1.27. The Morgan fingerprint density at radius 3 is 2.41 bits per heavy atom. The summed E-state index contributed by atoms with van der Waals surface area (Å²) in [5, 5.41) is 6.73. The Labute approximate surface area is 288 Å². The normalized spacial score (nSPS) is 14.4. The molecule has 12 nitrogen and oxygen atoms in total. The fourth-order valence-corrected chi connectivity index (χ4v) is 5.67. The van der Waals surface area contributed by atoms with Crippen LogP contribution in [0, 0.1) is 5.92 Å². The highest BCUT2D eigenvalue weighted by molar-refractivity contribution is 5.92. The minimum atomic E-state index is -0.533. The van der Waals surface area contributed by atoms with Crippen molar-refractivity contribution in [2.24, 2.45) is 5.92 Å². The molecule has 3 aromatic rings. The van der Waals surface area contributed by atoms with Crippen LogP contribution in [0.15, 0.2) is 71.1 Å². The molecule has 1 aliphatic rings. The molecule has 2 N–H and O–H groups in total. The number of carbonyl (C=O) groups is 4. The lowest BCUT2D eigenvalue weighted by molar-refractivity contribution is -0.200. The topological polar surface area (TPSA) is 140 Å². The summed E-state index contributed by atoms with van der Waals surface area (Å²) in [5.74, 6) is -1.19. The smallest absolute Gasteiger partial charge is 0.338 e. The highest BCUT2D eigenvalue weighted by Gasteiger charge is 2.32. The molecule has 2 aromatic carbocycles. The molecule has 1 fully saturated rings. The van der Waals surface area contributed by atoms with Crippen molar-refractivity contribution in [1.29, 1.82) is 0 Å². The maximum absolute atomic E-state index is 13.4. The molecule has 1 aromatic heterocycles. The Morgan fingerprint density at radius 2 is 1.71 bits per heavy atom. The minimum Gasteiger partial charge on any atom is -0.461 e. The molecule has 1 aliphatic heterocycles. The number of esters is 1. The van der Waals surface area contributed by atoms with Gasteiger partial charge in [-0.3, -0.25) is 24.1 Å². The van der Waals surface area contributed by atoms with Crippen LogP contribution in [-0.2, 0) is 30.5 Å². The van der Waals surface area contributed by atoms with E-state index in [4.69, 9.17) is 18.7 Å². The second-order valence-electron chi connectivity index (χ2n) is 11.9. The average Bonchev–Trinajstić information content (AvgIpc) is 3.64. The zero-order valence-corrected chi connectivity index (χ0v) is 28.4. The first kappa shape index (κ1) is 37.3. The van der Waals surface area contributed by atoms with Crippen LogP contribution in [0.4, 0.5) is 0 Å². The third-order valence-electron chi connectivity index (χ3n) is 8.48. The standard InChI is InChI=1S/C37H48N4O8/c1-3-5-7-12-31(32(4-2)41(27-42)48-25-28-10-8-6-9-11-28)35(43)38-26-39-36(44)34-18-17-33(49-34)29-13-15-30(16-14-29)37(45)47-24-21-40-19-22-46-23-20-40/h6,8-11,13-18,27,31-32H,3-5,7,12,19-26H2,1-2H3,(H,38,43)(H,39,44). The van der Waals surface area contributed by atoms with E-state index in [9.17, 15) is 19.2 Å². The van der Waals surface area contributed by atoms with E-state index >= 15 is 0 Å². The van der Waals surface area contributed by atoms with Crippen molar-refractivity contribution in [1.82, 2.24) is 20.6 Å². The number of hydrogen-bond donors (Lipinski definition) is 2. The highest BCUT2D eigenvalue weighted by atomic mass is 16.7. The van der Waals surface area contributed by atoms with Gasteiger partial charge < -0.3 is 24.5 Å². The summed E-state index contributed by atoms with van der Waals surface area (Å²) < 4.78 is 16.5.